The predicted molar refractivity (Wildman–Crippen MR) is 134 cm³/mol. The van der Waals surface area contributed by atoms with Gasteiger partial charge in [-0.15, -0.1) is 0 Å². The van der Waals surface area contributed by atoms with Crippen molar-refractivity contribution in [2.24, 2.45) is 0 Å². The number of methoxy groups -OCH3 is 1. The number of halogens is 1. The summed E-state index contributed by atoms with van der Waals surface area (Å²) in [6, 6.07) is 8.46. The summed E-state index contributed by atoms with van der Waals surface area (Å²) in [5.41, 5.74) is 2.66. The van der Waals surface area contributed by atoms with Crippen LogP contribution in [0.4, 0.5) is 15.9 Å². The molecular weight excluding hydrogens is 463 g/mol. The number of ether oxygens (including phenoxy) is 3. The Labute approximate surface area is 209 Å². The average molecular weight is 493 g/mol. The molecule has 0 saturated carbocycles. The van der Waals surface area contributed by atoms with Crippen LogP contribution in [-0.4, -0.2) is 72.8 Å². The Morgan fingerprint density at radius 3 is 2.69 bits per heavy atom. The quantitative estimate of drug-likeness (QED) is 0.478. The molecule has 0 spiro atoms. The lowest BCUT2D eigenvalue weighted by atomic mass is 10.0. The first-order chi connectivity index (χ1) is 17.5. The molecule has 2 fully saturated rings. The van der Waals surface area contributed by atoms with E-state index in [2.05, 4.69) is 20.2 Å². The molecular formula is C27H29FN4O4. The summed E-state index contributed by atoms with van der Waals surface area (Å²) < 4.78 is 30.7. The number of aromatic nitrogens is 2. The number of fused-ring (bicyclic) bond motifs is 2. The largest absolute Gasteiger partial charge is 0.496 e. The van der Waals surface area contributed by atoms with Gasteiger partial charge in [0.2, 0.25) is 0 Å². The number of hydrogen-bond acceptors (Lipinski definition) is 8. The Bertz CT molecular complexity index is 1280. The molecule has 3 heterocycles. The molecule has 2 atom stereocenters. The average Bonchev–Trinajstić information content (AvgIpc) is 3.29. The summed E-state index contributed by atoms with van der Waals surface area (Å²) in [5.74, 6) is 0.857. The maximum absolute atomic E-state index is 13.7. The van der Waals surface area contributed by atoms with E-state index in [1.807, 2.05) is 12.1 Å². The van der Waals surface area contributed by atoms with Crippen molar-refractivity contribution >= 4 is 28.2 Å². The Morgan fingerprint density at radius 2 is 1.97 bits per heavy atom. The van der Waals surface area contributed by atoms with Crippen LogP contribution in [0.3, 0.4) is 0 Å². The number of carbonyl (C=O) groups excluding carboxylic acids is 1. The van der Waals surface area contributed by atoms with E-state index in [9.17, 15) is 9.18 Å². The minimum absolute atomic E-state index is 0.0303. The van der Waals surface area contributed by atoms with Crippen LogP contribution < -0.4 is 10.1 Å². The molecule has 0 amide bonds. The molecule has 0 bridgehead atoms. The van der Waals surface area contributed by atoms with Gasteiger partial charge in [-0.25, -0.2) is 14.4 Å². The Morgan fingerprint density at radius 1 is 1.19 bits per heavy atom. The van der Waals surface area contributed by atoms with Gasteiger partial charge in [-0.1, -0.05) is 6.08 Å². The monoisotopic (exact) mass is 492 g/mol. The lowest BCUT2D eigenvalue weighted by Gasteiger charge is -2.24. The fourth-order valence-corrected chi connectivity index (χ4v) is 4.68. The third kappa shape index (κ3) is 5.38. The van der Waals surface area contributed by atoms with Gasteiger partial charge in [0.05, 0.1) is 38.0 Å². The SMILES string of the molecule is COc1cc2ncnc(Nc3ccc(F)c(C)c3)c2cc1CC(=O)/C=C/CN1C[C@@H]2OCCO[C@H]2C1. The highest BCUT2D eigenvalue weighted by Gasteiger charge is 2.35. The van der Waals surface area contributed by atoms with Crippen molar-refractivity contribution in [2.75, 3.05) is 45.3 Å². The molecule has 8 nitrogen and oxygen atoms in total. The molecule has 1 N–H and O–H groups in total. The van der Waals surface area contributed by atoms with Crippen molar-refractivity contribution in [1.82, 2.24) is 14.9 Å². The minimum Gasteiger partial charge on any atom is -0.496 e. The van der Waals surface area contributed by atoms with Gasteiger partial charge in [0, 0.05) is 48.8 Å². The van der Waals surface area contributed by atoms with E-state index in [4.69, 9.17) is 14.2 Å². The molecule has 9 heteroatoms. The lowest BCUT2D eigenvalue weighted by molar-refractivity contribution is -0.116. The number of aryl methyl sites for hydroxylation is 1. The van der Waals surface area contributed by atoms with E-state index in [-0.39, 0.29) is 30.2 Å². The summed E-state index contributed by atoms with van der Waals surface area (Å²) in [4.78, 5) is 23.7. The van der Waals surface area contributed by atoms with Gasteiger partial charge >= 0.3 is 0 Å². The minimum atomic E-state index is -0.267. The third-order valence-corrected chi connectivity index (χ3v) is 6.53. The van der Waals surface area contributed by atoms with Gasteiger partial charge in [-0.3, -0.25) is 9.69 Å². The predicted octanol–water partition coefficient (Wildman–Crippen LogP) is 3.60. The summed E-state index contributed by atoms with van der Waals surface area (Å²) in [6.45, 7) is 5.28. The van der Waals surface area contributed by atoms with Crippen LogP contribution in [0.5, 0.6) is 5.75 Å². The zero-order valence-corrected chi connectivity index (χ0v) is 20.4. The zero-order valence-electron chi connectivity index (χ0n) is 20.4. The first kappa shape index (κ1) is 24.3. The number of nitrogens with one attached hydrogen (secondary N) is 1. The van der Waals surface area contributed by atoms with E-state index in [0.717, 1.165) is 24.0 Å². The lowest BCUT2D eigenvalue weighted by Crippen LogP contribution is -2.36. The molecule has 0 unspecified atom stereocenters. The Kier molecular flexibility index (Phi) is 7.22. The third-order valence-electron chi connectivity index (χ3n) is 6.53. The molecule has 188 valence electrons. The van der Waals surface area contributed by atoms with E-state index in [0.29, 0.717) is 48.1 Å². The summed E-state index contributed by atoms with van der Waals surface area (Å²) in [6.07, 6.45) is 5.38. The van der Waals surface area contributed by atoms with E-state index < -0.39 is 0 Å². The van der Waals surface area contributed by atoms with Crippen LogP contribution in [0.15, 0.2) is 48.8 Å². The first-order valence-electron chi connectivity index (χ1n) is 12.0. The maximum Gasteiger partial charge on any atom is 0.159 e. The highest BCUT2D eigenvalue weighted by Crippen LogP contribution is 2.30. The van der Waals surface area contributed by atoms with E-state index >= 15 is 0 Å². The molecule has 0 radical (unpaired) electrons. The molecule has 2 aliphatic rings. The normalized spacial score (nSPS) is 20.1. The van der Waals surface area contributed by atoms with Crippen molar-refractivity contribution in [3.63, 3.8) is 0 Å². The number of ketones is 1. The highest BCUT2D eigenvalue weighted by molar-refractivity contribution is 5.96. The number of carbonyl (C=O) groups is 1. The fourth-order valence-electron chi connectivity index (χ4n) is 4.68. The van der Waals surface area contributed by atoms with Gasteiger partial charge < -0.3 is 19.5 Å². The molecule has 2 aromatic carbocycles. The number of benzene rings is 2. The van der Waals surface area contributed by atoms with Gasteiger partial charge in [0.25, 0.3) is 0 Å². The maximum atomic E-state index is 13.7. The number of likely N-dealkylation sites (tertiary alicyclic amines) is 1. The van der Waals surface area contributed by atoms with Gasteiger partial charge in [-0.2, -0.15) is 0 Å². The summed E-state index contributed by atoms with van der Waals surface area (Å²) >= 11 is 0. The summed E-state index contributed by atoms with van der Waals surface area (Å²) in [7, 11) is 1.57. The van der Waals surface area contributed by atoms with Crippen molar-refractivity contribution < 1.29 is 23.4 Å². The van der Waals surface area contributed by atoms with Crippen LogP contribution in [0.25, 0.3) is 10.9 Å². The molecule has 1 aromatic heterocycles. The Balaban J connectivity index is 1.30. The molecule has 3 aromatic rings. The van der Waals surface area contributed by atoms with Crippen molar-refractivity contribution in [1.29, 1.82) is 0 Å². The first-order valence-corrected chi connectivity index (χ1v) is 12.0. The number of hydrogen-bond donors (Lipinski definition) is 1. The second-order valence-corrected chi connectivity index (χ2v) is 9.07. The highest BCUT2D eigenvalue weighted by atomic mass is 19.1. The van der Waals surface area contributed by atoms with Crippen molar-refractivity contribution in [3.8, 4) is 5.75 Å². The number of allylic oxidation sites excluding steroid dienone is 1. The van der Waals surface area contributed by atoms with Crippen LogP contribution in [0.2, 0.25) is 0 Å². The van der Waals surface area contributed by atoms with Crippen molar-refractivity contribution in [3.05, 3.63) is 65.8 Å². The van der Waals surface area contributed by atoms with E-state index in [1.54, 1.807) is 38.3 Å². The van der Waals surface area contributed by atoms with E-state index in [1.165, 1.54) is 12.4 Å². The smallest absolute Gasteiger partial charge is 0.159 e. The molecule has 0 aliphatic carbocycles. The van der Waals surface area contributed by atoms with Crippen LogP contribution in [-0.2, 0) is 20.7 Å². The van der Waals surface area contributed by atoms with Gasteiger partial charge in [-0.05, 0) is 42.8 Å². The second-order valence-electron chi connectivity index (χ2n) is 9.07. The number of anilines is 2. The fraction of sp³-hybridized carbons (Fsp3) is 0.370. The number of rotatable bonds is 8. The molecule has 2 saturated heterocycles. The standard InChI is InChI=1S/C27H29FN4O4/c1-17-10-19(5-6-22(17)28)31-27-21-12-18(24(34-2)13-23(21)29-16-30-27)11-20(33)4-3-7-32-14-25-26(15-32)36-9-8-35-25/h3-6,10,12-13,16,25-26H,7-9,11,14-15H2,1-2H3,(H,29,30,31)/b4-3+/t25-,26-/m0/s1. The van der Waals surface area contributed by atoms with Gasteiger partial charge in [0.1, 0.15) is 23.7 Å². The van der Waals surface area contributed by atoms with Crippen molar-refractivity contribution in [2.45, 2.75) is 25.6 Å². The molecule has 36 heavy (non-hydrogen) atoms. The topological polar surface area (TPSA) is 85.8 Å². The van der Waals surface area contributed by atoms with Crippen LogP contribution in [0, 0.1) is 12.7 Å². The van der Waals surface area contributed by atoms with Crippen LogP contribution >= 0.6 is 0 Å². The Hall–Kier alpha value is -3.40. The zero-order chi connectivity index (χ0) is 25.1. The molecule has 5 rings (SSSR count). The summed E-state index contributed by atoms with van der Waals surface area (Å²) in [5, 5.41) is 3.98. The molecule has 2 aliphatic heterocycles. The number of nitrogens with zero attached hydrogens (tertiary/aromatic N) is 3. The second kappa shape index (κ2) is 10.7. The van der Waals surface area contributed by atoms with Crippen LogP contribution in [0.1, 0.15) is 11.1 Å². The van der Waals surface area contributed by atoms with Gasteiger partial charge in [0.15, 0.2) is 5.78 Å².